The van der Waals surface area contributed by atoms with Crippen molar-refractivity contribution in [2.24, 2.45) is 0 Å². The van der Waals surface area contributed by atoms with Crippen molar-refractivity contribution in [3.05, 3.63) is 42.0 Å². The molecule has 26 heavy (non-hydrogen) atoms. The first-order valence-corrected chi connectivity index (χ1v) is 9.61. The van der Waals surface area contributed by atoms with Crippen LogP contribution in [-0.2, 0) is 21.2 Å². The highest BCUT2D eigenvalue weighted by atomic mass is 32.2. The third-order valence-corrected chi connectivity index (χ3v) is 5.98. The number of ether oxygens (including phenoxy) is 1. The molecule has 10 heteroatoms. The van der Waals surface area contributed by atoms with Crippen LogP contribution in [0.1, 0.15) is 22.6 Å². The quantitative estimate of drug-likeness (QED) is 0.742. The molecule has 2 heterocycles. The molecule has 0 saturated carbocycles. The number of nitrogens with one attached hydrogen (secondary N) is 1. The predicted molar refractivity (Wildman–Crippen MR) is 91.0 cm³/mol. The van der Waals surface area contributed by atoms with Crippen LogP contribution in [0.5, 0.6) is 0 Å². The van der Waals surface area contributed by atoms with Crippen LogP contribution in [0.2, 0.25) is 0 Å². The van der Waals surface area contributed by atoms with Crippen LogP contribution in [0, 0.1) is 0 Å². The lowest BCUT2D eigenvalue weighted by Gasteiger charge is -2.17. The average Bonchev–Trinajstić information content (AvgIpc) is 3.33. The maximum absolute atomic E-state index is 12.7. The van der Waals surface area contributed by atoms with Crippen LogP contribution < -0.4 is 5.32 Å². The maximum atomic E-state index is 12.7. The molecular formula is C16H20N4O5S. The van der Waals surface area contributed by atoms with Gasteiger partial charge in [0, 0.05) is 32.2 Å². The molecule has 1 aromatic carbocycles. The second-order valence-electron chi connectivity index (χ2n) is 5.99. The zero-order valence-corrected chi connectivity index (χ0v) is 15.1. The van der Waals surface area contributed by atoms with Crippen LogP contribution in [0.25, 0.3) is 0 Å². The Hall–Kier alpha value is -2.30. The van der Waals surface area contributed by atoms with Gasteiger partial charge in [-0.1, -0.05) is 11.2 Å². The molecular weight excluding hydrogens is 360 g/mol. The van der Waals surface area contributed by atoms with Crippen LogP contribution in [-0.4, -0.2) is 61.6 Å². The van der Waals surface area contributed by atoms with E-state index in [1.807, 2.05) is 0 Å². The smallest absolute Gasteiger partial charge is 0.251 e. The van der Waals surface area contributed by atoms with Gasteiger partial charge < -0.3 is 14.6 Å². The number of hydrogen-bond acceptors (Lipinski definition) is 7. The minimum Gasteiger partial charge on any atom is -0.379 e. The summed E-state index contributed by atoms with van der Waals surface area (Å²) in [5, 5.41) is 6.51. The Labute approximate surface area is 151 Å². The highest BCUT2D eigenvalue weighted by molar-refractivity contribution is 7.89. The van der Waals surface area contributed by atoms with Crippen molar-refractivity contribution in [1.82, 2.24) is 19.8 Å². The third-order valence-electron chi connectivity index (χ3n) is 4.13. The molecule has 1 aliphatic rings. The van der Waals surface area contributed by atoms with Gasteiger partial charge in [0.25, 0.3) is 5.91 Å². The molecule has 0 aliphatic carbocycles. The Balaban J connectivity index is 1.69. The van der Waals surface area contributed by atoms with E-state index in [0.29, 0.717) is 31.0 Å². The zero-order valence-electron chi connectivity index (χ0n) is 14.3. The van der Waals surface area contributed by atoms with Gasteiger partial charge in [0.15, 0.2) is 5.82 Å². The van der Waals surface area contributed by atoms with Gasteiger partial charge >= 0.3 is 0 Å². The van der Waals surface area contributed by atoms with Crippen molar-refractivity contribution in [2.75, 3.05) is 26.8 Å². The molecule has 1 saturated heterocycles. The summed E-state index contributed by atoms with van der Waals surface area (Å²) in [5.74, 6) is 0.117. The average molecular weight is 380 g/mol. The number of aromatic nitrogens is 2. The van der Waals surface area contributed by atoms with Gasteiger partial charge in [0.05, 0.1) is 17.5 Å². The number of amides is 1. The van der Waals surface area contributed by atoms with E-state index in [2.05, 4.69) is 20.0 Å². The Kier molecular flexibility index (Phi) is 5.64. The molecule has 9 nitrogen and oxygen atoms in total. The summed E-state index contributed by atoms with van der Waals surface area (Å²) in [7, 11) is -2.26. The summed E-state index contributed by atoms with van der Waals surface area (Å²) < 4.78 is 36.5. The number of carbonyl (C=O) groups excluding carboxylic acids is 1. The molecule has 1 amide bonds. The molecule has 0 spiro atoms. The molecule has 3 rings (SSSR count). The summed E-state index contributed by atoms with van der Waals surface area (Å²) >= 11 is 0. The monoisotopic (exact) mass is 380 g/mol. The van der Waals surface area contributed by atoms with E-state index in [9.17, 15) is 13.2 Å². The minimum atomic E-state index is -3.73. The second kappa shape index (κ2) is 7.94. The van der Waals surface area contributed by atoms with Gasteiger partial charge in [-0.15, -0.1) is 0 Å². The maximum Gasteiger partial charge on any atom is 0.251 e. The largest absolute Gasteiger partial charge is 0.379 e. The second-order valence-corrected chi connectivity index (χ2v) is 8.03. The first-order valence-electron chi connectivity index (χ1n) is 8.17. The third kappa shape index (κ3) is 4.26. The van der Waals surface area contributed by atoms with Crippen molar-refractivity contribution in [3.63, 3.8) is 0 Å². The topological polar surface area (TPSA) is 115 Å². The van der Waals surface area contributed by atoms with Gasteiger partial charge in [-0.2, -0.15) is 4.98 Å². The first kappa shape index (κ1) is 18.5. The summed E-state index contributed by atoms with van der Waals surface area (Å²) in [6.07, 6.45) is 2.28. The number of likely N-dealkylation sites (N-methyl/N-ethyl adjacent to an activating group) is 1. The SMILES string of the molecule is CN(CCc1ncon1)S(=O)(=O)c1cccc(C(=O)NC2CCOC2)c1. The fourth-order valence-electron chi connectivity index (χ4n) is 2.58. The number of nitrogens with zero attached hydrogens (tertiary/aromatic N) is 3. The highest BCUT2D eigenvalue weighted by Crippen LogP contribution is 2.17. The molecule has 1 fully saturated rings. The van der Waals surface area contributed by atoms with Crippen LogP contribution in [0.4, 0.5) is 0 Å². The molecule has 1 aromatic heterocycles. The molecule has 1 N–H and O–H groups in total. The number of carbonyl (C=O) groups is 1. The number of hydrogen-bond donors (Lipinski definition) is 1. The van der Waals surface area contributed by atoms with Gasteiger partial charge in [-0.25, -0.2) is 12.7 Å². The Morgan fingerprint density at radius 2 is 2.27 bits per heavy atom. The lowest BCUT2D eigenvalue weighted by Crippen LogP contribution is -2.35. The molecule has 2 aromatic rings. The normalized spacial score (nSPS) is 17.5. The minimum absolute atomic E-state index is 0.0413. The number of benzene rings is 1. The molecule has 0 radical (unpaired) electrons. The van der Waals surface area contributed by atoms with Crippen LogP contribution in [0.15, 0.2) is 40.1 Å². The lowest BCUT2D eigenvalue weighted by atomic mass is 10.2. The van der Waals surface area contributed by atoms with Gasteiger partial charge in [-0.3, -0.25) is 4.79 Å². The summed E-state index contributed by atoms with van der Waals surface area (Å²) in [5.41, 5.74) is 0.296. The lowest BCUT2D eigenvalue weighted by molar-refractivity contribution is 0.0929. The van der Waals surface area contributed by atoms with E-state index < -0.39 is 10.0 Å². The van der Waals surface area contributed by atoms with Crippen molar-refractivity contribution in [2.45, 2.75) is 23.8 Å². The van der Waals surface area contributed by atoms with Crippen LogP contribution in [0.3, 0.4) is 0 Å². The van der Waals surface area contributed by atoms with E-state index in [0.717, 1.165) is 6.42 Å². The molecule has 1 atom stereocenters. The Bertz CT molecular complexity index is 847. The number of rotatable bonds is 7. The van der Waals surface area contributed by atoms with Crippen LogP contribution >= 0.6 is 0 Å². The van der Waals surface area contributed by atoms with Crippen molar-refractivity contribution >= 4 is 15.9 Å². The van der Waals surface area contributed by atoms with Crippen molar-refractivity contribution in [1.29, 1.82) is 0 Å². The standard InChI is InChI=1S/C16H20N4O5S/c1-20(7-5-15-17-11-25-19-15)26(22,23)14-4-2-3-12(9-14)16(21)18-13-6-8-24-10-13/h2-4,9,11,13H,5-8,10H2,1H3,(H,18,21). The van der Waals surface area contributed by atoms with Gasteiger partial charge in [0.2, 0.25) is 16.4 Å². The van der Waals surface area contributed by atoms with Gasteiger partial charge in [0.1, 0.15) is 0 Å². The van der Waals surface area contributed by atoms with E-state index in [4.69, 9.17) is 4.74 Å². The first-order chi connectivity index (χ1) is 12.5. The fourth-order valence-corrected chi connectivity index (χ4v) is 3.79. The Morgan fingerprint density at radius 3 is 2.96 bits per heavy atom. The molecule has 140 valence electrons. The molecule has 0 bridgehead atoms. The Morgan fingerprint density at radius 1 is 1.42 bits per heavy atom. The van der Waals surface area contributed by atoms with E-state index in [1.165, 1.54) is 29.9 Å². The van der Waals surface area contributed by atoms with Gasteiger partial charge in [-0.05, 0) is 24.6 Å². The number of sulfonamides is 1. The fraction of sp³-hybridized carbons (Fsp3) is 0.438. The predicted octanol–water partition coefficient (Wildman–Crippen LogP) is 0.452. The van der Waals surface area contributed by atoms with E-state index in [-0.39, 0.29) is 23.4 Å². The van der Waals surface area contributed by atoms with E-state index in [1.54, 1.807) is 12.1 Å². The highest BCUT2D eigenvalue weighted by Gasteiger charge is 2.23. The molecule has 1 aliphatic heterocycles. The summed E-state index contributed by atoms with van der Waals surface area (Å²) in [6.45, 7) is 1.28. The zero-order chi connectivity index (χ0) is 18.6. The van der Waals surface area contributed by atoms with Crippen molar-refractivity contribution in [3.8, 4) is 0 Å². The van der Waals surface area contributed by atoms with E-state index >= 15 is 0 Å². The molecule has 1 unspecified atom stereocenters. The summed E-state index contributed by atoms with van der Waals surface area (Å²) in [6, 6.07) is 5.95. The summed E-state index contributed by atoms with van der Waals surface area (Å²) in [4.78, 5) is 16.3. The van der Waals surface area contributed by atoms with Crippen molar-refractivity contribution < 1.29 is 22.5 Å².